The van der Waals surface area contributed by atoms with Gasteiger partial charge in [-0.25, -0.2) is 0 Å². The molecule has 0 aliphatic carbocycles. The largest absolute Gasteiger partial charge is 0.473 e. The second-order valence-corrected chi connectivity index (χ2v) is 4.34. The van der Waals surface area contributed by atoms with Crippen molar-refractivity contribution in [1.29, 1.82) is 0 Å². The van der Waals surface area contributed by atoms with Crippen molar-refractivity contribution >= 4 is 11.7 Å². The van der Waals surface area contributed by atoms with Crippen molar-refractivity contribution in [2.75, 3.05) is 33.0 Å². The smallest absolute Gasteiger partial charge is 0.254 e. The normalized spacial score (nSPS) is 10.7. The van der Waals surface area contributed by atoms with Gasteiger partial charge in [-0.2, -0.15) is 4.37 Å². The zero-order chi connectivity index (χ0) is 14.0. The van der Waals surface area contributed by atoms with E-state index < -0.39 is 0 Å². The molecule has 0 amide bonds. The molecule has 0 unspecified atom stereocenters. The van der Waals surface area contributed by atoms with Crippen LogP contribution in [0.5, 0.6) is 5.88 Å². The Kier molecular flexibility index (Phi) is 6.36. The highest BCUT2D eigenvalue weighted by atomic mass is 32.1. The molecular formula is C13H17N3O3S. The Bertz CT molecular complexity index is 493. The summed E-state index contributed by atoms with van der Waals surface area (Å²) < 4.78 is 24.5. The summed E-state index contributed by atoms with van der Waals surface area (Å²) in [6, 6.07) is 3.75. The van der Waals surface area contributed by atoms with E-state index in [-0.39, 0.29) is 0 Å². The average Bonchev–Trinajstić information content (AvgIpc) is 2.96. The van der Waals surface area contributed by atoms with Gasteiger partial charge in [0.25, 0.3) is 5.88 Å². The Hall–Kier alpha value is -1.57. The van der Waals surface area contributed by atoms with E-state index >= 15 is 0 Å². The Morgan fingerprint density at radius 3 is 2.55 bits per heavy atom. The predicted molar refractivity (Wildman–Crippen MR) is 75.9 cm³/mol. The first-order chi connectivity index (χ1) is 9.92. The van der Waals surface area contributed by atoms with E-state index in [1.54, 1.807) is 12.4 Å². The summed E-state index contributed by atoms with van der Waals surface area (Å²) in [5.41, 5.74) is 1.69. The molecule has 0 spiro atoms. The zero-order valence-corrected chi connectivity index (χ0v) is 12.1. The van der Waals surface area contributed by atoms with Crippen molar-refractivity contribution in [2.24, 2.45) is 0 Å². The number of aromatic nitrogens is 3. The predicted octanol–water partition coefficient (Wildman–Crippen LogP) is 2.03. The SMILES string of the molecule is CCOCCOCCOc1nsnc1-c1ccncc1. The third kappa shape index (κ3) is 4.52. The van der Waals surface area contributed by atoms with Gasteiger partial charge in [0, 0.05) is 24.6 Å². The minimum Gasteiger partial charge on any atom is -0.473 e. The molecule has 0 aliphatic heterocycles. The van der Waals surface area contributed by atoms with Crippen molar-refractivity contribution in [1.82, 2.24) is 13.7 Å². The molecule has 2 rings (SSSR count). The molecule has 6 nitrogen and oxygen atoms in total. The monoisotopic (exact) mass is 295 g/mol. The van der Waals surface area contributed by atoms with Gasteiger partial charge < -0.3 is 14.2 Å². The number of pyridine rings is 1. The van der Waals surface area contributed by atoms with Gasteiger partial charge in [-0.1, -0.05) is 0 Å². The molecule has 108 valence electrons. The molecule has 0 aromatic carbocycles. The summed E-state index contributed by atoms with van der Waals surface area (Å²) in [5, 5.41) is 0. The topological polar surface area (TPSA) is 66.4 Å². The van der Waals surface area contributed by atoms with Crippen molar-refractivity contribution < 1.29 is 14.2 Å². The van der Waals surface area contributed by atoms with Crippen LogP contribution in [0.15, 0.2) is 24.5 Å². The van der Waals surface area contributed by atoms with Crippen molar-refractivity contribution in [3.63, 3.8) is 0 Å². The van der Waals surface area contributed by atoms with Crippen LogP contribution < -0.4 is 4.74 Å². The van der Waals surface area contributed by atoms with Crippen molar-refractivity contribution in [3.05, 3.63) is 24.5 Å². The van der Waals surface area contributed by atoms with E-state index in [4.69, 9.17) is 14.2 Å². The van der Waals surface area contributed by atoms with Gasteiger partial charge in [0.05, 0.1) is 31.5 Å². The second kappa shape index (κ2) is 8.57. The van der Waals surface area contributed by atoms with E-state index in [0.717, 1.165) is 23.0 Å². The summed E-state index contributed by atoms with van der Waals surface area (Å²) in [6.45, 7) is 4.79. The molecule has 0 atom stereocenters. The van der Waals surface area contributed by atoms with E-state index in [9.17, 15) is 0 Å². The number of ether oxygens (including phenoxy) is 3. The molecule has 0 radical (unpaired) electrons. The van der Waals surface area contributed by atoms with Crippen LogP contribution in [0.3, 0.4) is 0 Å². The van der Waals surface area contributed by atoms with Gasteiger partial charge >= 0.3 is 0 Å². The summed E-state index contributed by atoms with van der Waals surface area (Å²) in [5.74, 6) is 0.537. The molecule has 2 heterocycles. The Morgan fingerprint density at radius 2 is 1.75 bits per heavy atom. The quantitative estimate of drug-likeness (QED) is 0.659. The Balaban J connectivity index is 1.76. The molecule has 0 saturated heterocycles. The average molecular weight is 295 g/mol. The molecule has 0 saturated carbocycles. The van der Waals surface area contributed by atoms with Crippen LogP contribution in [0.2, 0.25) is 0 Å². The van der Waals surface area contributed by atoms with Crippen LogP contribution in [0.1, 0.15) is 6.92 Å². The summed E-state index contributed by atoms with van der Waals surface area (Å²) in [4.78, 5) is 3.98. The van der Waals surface area contributed by atoms with Crippen molar-refractivity contribution in [3.8, 4) is 17.1 Å². The minimum atomic E-state index is 0.440. The fourth-order valence-corrected chi connectivity index (χ4v) is 2.04. The van der Waals surface area contributed by atoms with Crippen molar-refractivity contribution in [2.45, 2.75) is 6.92 Å². The van der Waals surface area contributed by atoms with E-state index in [1.807, 2.05) is 19.1 Å². The summed E-state index contributed by atoms with van der Waals surface area (Å²) in [6.07, 6.45) is 3.44. The Labute approximate surface area is 122 Å². The number of rotatable bonds is 9. The second-order valence-electron chi connectivity index (χ2n) is 3.81. The van der Waals surface area contributed by atoms with E-state index in [1.165, 1.54) is 0 Å². The molecule has 2 aromatic heterocycles. The third-order valence-electron chi connectivity index (χ3n) is 2.45. The first-order valence-electron chi connectivity index (χ1n) is 6.43. The number of nitrogens with zero attached hydrogens (tertiary/aromatic N) is 3. The fraction of sp³-hybridized carbons (Fsp3) is 0.462. The number of hydrogen-bond acceptors (Lipinski definition) is 7. The highest BCUT2D eigenvalue weighted by molar-refractivity contribution is 6.99. The van der Waals surface area contributed by atoms with Gasteiger partial charge in [0.1, 0.15) is 12.3 Å². The standard InChI is InChI=1S/C13H17N3O3S/c1-2-17-7-8-18-9-10-19-13-12(15-20-16-13)11-3-5-14-6-4-11/h3-6H,2,7-10H2,1H3. The molecular weight excluding hydrogens is 278 g/mol. The van der Waals surface area contributed by atoms with Crippen LogP contribution in [-0.4, -0.2) is 46.8 Å². The molecule has 2 aromatic rings. The third-order valence-corrected chi connectivity index (χ3v) is 2.97. The molecule has 0 aliphatic rings. The van der Waals surface area contributed by atoms with Crippen LogP contribution in [-0.2, 0) is 9.47 Å². The van der Waals surface area contributed by atoms with Gasteiger partial charge in [0.2, 0.25) is 0 Å². The molecule has 0 bridgehead atoms. The van der Waals surface area contributed by atoms with Gasteiger partial charge in [0.15, 0.2) is 0 Å². The van der Waals surface area contributed by atoms with Crippen LogP contribution in [0.25, 0.3) is 11.3 Å². The van der Waals surface area contributed by atoms with Gasteiger partial charge in [-0.05, 0) is 19.1 Å². The van der Waals surface area contributed by atoms with E-state index in [0.29, 0.717) is 38.9 Å². The maximum absolute atomic E-state index is 5.59. The lowest BCUT2D eigenvalue weighted by molar-refractivity contribution is 0.0401. The lowest BCUT2D eigenvalue weighted by Crippen LogP contribution is -2.11. The lowest BCUT2D eigenvalue weighted by atomic mass is 10.2. The highest BCUT2D eigenvalue weighted by Gasteiger charge is 2.11. The molecule has 0 N–H and O–H groups in total. The maximum atomic E-state index is 5.59. The van der Waals surface area contributed by atoms with E-state index in [2.05, 4.69) is 13.7 Å². The first kappa shape index (κ1) is 14.8. The molecule has 7 heteroatoms. The Morgan fingerprint density at radius 1 is 1.00 bits per heavy atom. The maximum Gasteiger partial charge on any atom is 0.254 e. The van der Waals surface area contributed by atoms with Crippen LogP contribution >= 0.6 is 11.7 Å². The zero-order valence-electron chi connectivity index (χ0n) is 11.3. The minimum absolute atomic E-state index is 0.440. The van der Waals surface area contributed by atoms with Gasteiger partial charge in [-0.3, -0.25) is 4.98 Å². The molecule has 0 fully saturated rings. The van der Waals surface area contributed by atoms with Crippen LogP contribution in [0.4, 0.5) is 0 Å². The number of hydrogen-bond donors (Lipinski definition) is 0. The first-order valence-corrected chi connectivity index (χ1v) is 7.16. The fourth-order valence-electron chi connectivity index (χ4n) is 1.52. The highest BCUT2D eigenvalue weighted by Crippen LogP contribution is 2.26. The van der Waals surface area contributed by atoms with Gasteiger partial charge in [-0.15, -0.1) is 4.37 Å². The molecule has 20 heavy (non-hydrogen) atoms. The summed E-state index contributed by atoms with van der Waals surface area (Å²) in [7, 11) is 0. The summed E-state index contributed by atoms with van der Waals surface area (Å²) >= 11 is 1.13. The lowest BCUT2D eigenvalue weighted by Gasteiger charge is -2.06. The van der Waals surface area contributed by atoms with Crippen LogP contribution in [0, 0.1) is 0 Å².